The van der Waals surface area contributed by atoms with Crippen LogP contribution in [0.2, 0.25) is 0 Å². The largest absolute Gasteiger partial charge is 0.411 e. The minimum atomic E-state index is 0.0240. The molecule has 2 aromatic carbocycles. The first kappa shape index (κ1) is 20.1. The van der Waals surface area contributed by atoms with Crippen LogP contribution < -0.4 is 0 Å². The Morgan fingerprint density at radius 1 is 1.00 bits per heavy atom. The van der Waals surface area contributed by atoms with Crippen LogP contribution in [-0.2, 0) is 11.3 Å². The van der Waals surface area contributed by atoms with Crippen molar-refractivity contribution < 1.29 is 9.21 Å². The van der Waals surface area contributed by atoms with Crippen LogP contribution >= 0.6 is 11.8 Å². The normalized spacial score (nSPS) is 10.9. The number of amides is 1. The van der Waals surface area contributed by atoms with E-state index in [9.17, 15) is 4.79 Å². The standard InChI is InChI=1S/C22H25N3O2S/c1-14-6-8-19(17(4)10-14)12-25(5)20(26)13-28-22-24-23-21(27-22)18-9-7-15(2)16(3)11-18/h6-11H,12-13H2,1-5H3. The van der Waals surface area contributed by atoms with E-state index in [0.29, 0.717) is 17.7 Å². The van der Waals surface area contributed by atoms with E-state index in [1.54, 1.807) is 4.90 Å². The number of hydrogen-bond acceptors (Lipinski definition) is 5. The molecule has 0 unspecified atom stereocenters. The highest BCUT2D eigenvalue weighted by molar-refractivity contribution is 7.99. The van der Waals surface area contributed by atoms with Gasteiger partial charge in [-0.05, 0) is 62.1 Å². The summed E-state index contributed by atoms with van der Waals surface area (Å²) in [6, 6.07) is 12.3. The quantitative estimate of drug-likeness (QED) is 0.565. The van der Waals surface area contributed by atoms with E-state index in [1.807, 2.05) is 25.2 Å². The van der Waals surface area contributed by atoms with Gasteiger partial charge in [0.2, 0.25) is 11.8 Å². The van der Waals surface area contributed by atoms with Gasteiger partial charge in [0.25, 0.3) is 5.22 Å². The molecule has 0 aliphatic rings. The van der Waals surface area contributed by atoms with Crippen molar-refractivity contribution >= 4 is 17.7 Å². The number of aromatic nitrogens is 2. The van der Waals surface area contributed by atoms with Gasteiger partial charge in [-0.1, -0.05) is 41.6 Å². The number of nitrogens with zero attached hydrogens (tertiary/aromatic N) is 3. The fourth-order valence-corrected chi connectivity index (χ4v) is 3.56. The van der Waals surface area contributed by atoms with Crippen LogP contribution in [0.15, 0.2) is 46.0 Å². The Labute approximate surface area is 170 Å². The zero-order valence-corrected chi connectivity index (χ0v) is 17.8. The molecule has 5 nitrogen and oxygen atoms in total. The predicted octanol–water partition coefficient (Wildman–Crippen LogP) is 4.72. The van der Waals surface area contributed by atoms with Crippen LogP contribution in [0.4, 0.5) is 0 Å². The summed E-state index contributed by atoms with van der Waals surface area (Å²) in [5.74, 6) is 0.758. The lowest BCUT2D eigenvalue weighted by Crippen LogP contribution is -2.28. The van der Waals surface area contributed by atoms with E-state index in [-0.39, 0.29) is 11.7 Å². The van der Waals surface area contributed by atoms with E-state index >= 15 is 0 Å². The third kappa shape index (κ3) is 4.81. The van der Waals surface area contributed by atoms with Gasteiger partial charge >= 0.3 is 0 Å². The van der Waals surface area contributed by atoms with Gasteiger partial charge < -0.3 is 9.32 Å². The summed E-state index contributed by atoms with van der Waals surface area (Å²) in [5.41, 5.74) is 6.86. The van der Waals surface area contributed by atoms with E-state index in [2.05, 4.69) is 56.1 Å². The Morgan fingerprint density at radius 2 is 1.79 bits per heavy atom. The number of hydrogen-bond donors (Lipinski definition) is 0. The molecule has 0 N–H and O–H groups in total. The van der Waals surface area contributed by atoms with Crippen LogP contribution in [0.1, 0.15) is 27.8 Å². The Hall–Kier alpha value is -2.60. The van der Waals surface area contributed by atoms with Crippen LogP contribution in [-0.4, -0.2) is 33.8 Å². The monoisotopic (exact) mass is 395 g/mol. The van der Waals surface area contributed by atoms with Crippen molar-refractivity contribution in [3.63, 3.8) is 0 Å². The third-order valence-corrected chi connectivity index (χ3v) is 5.61. The van der Waals surface area contributed by atoms with Crippen molar-refractivity contribution in [3.05, 3.63) is 64.2 Å². The van der Waals surface area contributed by atoms with Gasteiger partial charge in [-0.2, -0.15) is 0 Å². The molecule has 0 spiro atoms. The lowest BCUT2D eigenvalue weighted by Gasteiger charge is -2.18. The Morgan fingerprint density at radius 3 is 2.50 bits per heavy atom. The van der Waals surface area contributed by atoms with Crippen LogP contribution in [0, 0.1) is 27.7 Å². The van der Waals surface area contributed by atoms with Crippen molar-refractivity contribution in [3.8, 4) is 11.5 Å². The lowest BCUT2D eigenvalue weighted by atomic mass is 10.1. The first-order chi connectivity index (χ1) is 13.3. The summed E-state index contributed by atoms with van der Waals surface area (Å²) in [6.45, 7) is 8.84. The molecule has 1 aromatic heterocycles. The molecule has 0 atom stereocenters. The topological polar surface area (TPSA) is 59.2 Å². The molecule has 3 rings (SSSR count). The molecule has 3 aromatic rings. The highest BCUT2D eigenvalue weighted by atomic mass is 32.2. The number of benzene rings is 2. The minimum Gasteiger partial charge on any atom is -0.411 e. The Kier molecular flexibility index (Phi) is 6.19. The van der Waals surface area contributed by atoms with Crippen molar-refractivity contribution in [1.29, 1.82) is 0 Å². The molecular weight excluding hydrogens is 370 g/mol. The second-order valence-corrected chi connectivity index (χ2v) is 8.07. The average molecular weight is 396 g/mol. The van der Waals surface area contributed by atoms with Gasteiger partial charge in [0.1, 0.15) is 0 Å². The van der Waals surface area contributed by atoms with Crippen LogP contribution in [0.5, 0.6) is 0 Å². The van der Waals surface area contributed by atoms with Gasteiger partial charge in [0, 0.05) is 19.2 Å². The van der Waals surface area contributed by atoms with Crippen LogP contribution in [0.3, 0.4) is 0 Å². The van der Waals surface area contributed by atoms with E-state index in [0.717, 1.165) is 11.1 Å². The molecule has 0 bridgehead atoms. The minimum absolute atomic E-state index is 0.0240. The van der Waals surface area contributed by atoms with Crippen molar-refractivity contribution in [2.45, 2.75) is 39.5 Å². The maximum absolute atomic E-state index is 12.5. The zero-order chi connectivity index (χ0) is 20.3. The summed E-state index contributed by atoms with van der Waals surface area (Å²) < 4.78 is 5.72. The predicted molar refractivity (Wildman–Crippen MR) is 112 cm³/mol. The highest BCUT2D eigenvalue weighted by Crippen LogP contribution is 2.25. The molecule has 1 amide bonds. The molecule has 0 radical (unpaired) electrons. The molecule has 0 saturated heterocycles. The van der Waals surface area contributed by atoms with Gasteiger partial charge in [-0.15, -0.1) is 10.2 Å². The zero-order valence-electron chi connectivity index (χ0n) is 16.9. The summed E-state index contributed by atoms with van der Waals surface area (Å²) in [5, 5.41) is 8.57. The fraction of sp³-hybridized carbons (Fsp3) is 0.318. The van der Waals surface area contributed by atoms with Gasteiger partial charge in [-0.3, -0.25) is 4.79 Å². The molecule has 0 aliphatic carbocycles. The lowest BCUT2D eigenvalue weighted by molar-refractivity contribution is -0.127. The average Bonchev–Trinajstić information content (AvgIpc) is 3.13. The Bertz CT molecular complexity index is 997. The fourth-order valence-electron chi connectivity index (χ4n) is 2.86. The smallest absolute Gasteiger partial charge is 0.277 e. The highest BCUT2D eigenvalue weighted by Gasteiger charge is 2.15. The third-order valence-electron chi connectivity index (χ3n) is 4.81. The van der Waals surface area contributed by atoms with E-state index in [1.165, 1.54) is 34.0 Å². The first-order valence-electron chi connectivity index (χ1n) is 9.17. The maximum atomic E-state index is 12.5. The molecule has 146 valence electrons. The molecule has 28 heavy (non-hydrogen) atoms. The first-order valence-corrected chi connectivity index (χ1v) is 10.2. The summed E-state index contributed by atoms with van der Waals surface area (Å²) in [7, 11) is 1.82. The SMILES string of the molecule is Cc1ccc(CN(C)C(=O)CSc2nnc(-c3ccc(C)c(C)c3)o2)c(C)c1. The second kappa shape index (κ2) is 8.61. The molecule has 1 heterocycles. The van der Waals surface area contributed by atoms with Gasteiger partial charge in [-0.25, -0.2) is 0 Å². The van der Waals surface area contributed by atoms with Crippen LogP contribution in [0.25, 0.3) is 11.5 Å². The number of rotatable bonds is 6. The number of thioether (sulfide) groups is 1. The van der Waals surface area contributed by atoms with Crippen molar-refractivity contribution in [1.82, 2.24) is 15.1 Å². The summed E-state index contributed by atoms with van der Waals surface area (Å²) >= 11 is 1.27. The molecule has 0 aliphatic heterocycles. The molecule has 0 fully saturated rings. The second-order valence-electron chi connectivity index (χ2n) is 7.14. The number of aryl methyl sites for hydroxylation is 4. The molecular formula is C22H25N3O2S. The van der Waals surface area contributed by atoms with Gasteiger partial charge in [0.15, 0.2) is 0 Å². The summed E-state index contributed by atoms with van der Waals surface area (Å²) in [6.07, 6.45) is 0. The molecule has 6 heteroatoms. The Balaban J connectivity index is 1.58. The summed E-state index contributed by atoms with van der Waals surface area (Å²) in [4.78, 5) is 14.2. The number of carbonyl (C=O) groups is 1. The van der Waals surface area contributed by atoms with E-state index in [4.69, 9.17) is 4.42 Å². The molecule has 0 saturated carbocycles. The van der Waals surface area contributed by atoms with Crippen molar-refractivity contribution in [2.24, 2.45) is 0 Å². The van der Waals surface area contributed by atoms with Gasteiger partial charge in [0.05, 0.1) is 5.75 Å². The van der Waals surface area contributed by atoms with E-state index < -0.39 is 0 Å². The maximum Gasteiger partial charge on any atom is 0.277 e. The van der Waals surface area contributed by atoms with Crippen molar-refractivity contribution in [2.75, 3.05) is 12.8 Å². The number of carbonyl (C=O) groups excluding carboxylic acids is 1.